The van der Waals surface area contributed by atoms with E-state index in [1.54, 1.807) is 12.3 Å². The van der Waals surface area contributed by atoms with E-state index in [-0.39, 0.29) is 0 Å². The van der Waals surface area contributed by atoms with Crippen molar-refractivity contribution in [3.63, 3.8) is 0 Å². The highest BCUT2D eigenvalue weighted by Crippen LogP contribution is 2.38. The fourth-order valence-electron chi connectivity index (χ4n) is 1.18. The maximum Gasteiger partial charge on any atom is 0.142 e. The lowest BCUT2D eigenvalue weighted by atomic mass is 10.3. The smallest absolute Gasteiger partial charge is 0.142 e. The van der Waals surface area contributed by atoms with E-state index in [4.69, 9.17) is 0 Å². The highest BCUT2D eigenvalue weighted by atomic mass is 79.9. The largest absolute Gasteiger partial charge is 0.299 e. The molecule has 0 radical (unpaired) electrons. The number of rotatable bonds is 3. The van der Waals surface area contributed by atoms with Crippen LogP contribution in [0.3, 0.4) is 0 Å². The summed E-state index contributed by atoms with van der Waals surface area (Å²) in [4.78, 5) is 18.8. The summed E-state index contributed by atoms with van der Waals surface area (Å²) in [7, 11) is 0. The molecule has 0 unspecified atom stereocenters. The predicted molar refractivity (Wildman–Crippen MR) is 56.8 cm³/mol. The number of carbonyl (C=O) groups is 1. The Morgan fingerprint density at radius 1 is 1.50 bits per heavy atom. The fourth-order valence-corrected chi connectivity index (χ4v) is 1.50. The molecule has 1 aliphatic carbocycles. The lowest BCUT2D eigenvalue weighted by Crippen LogP contribution is -1.94. The number of aldehydes is 1. The van der Waals surface area contributed by atoms with E-state index in [1.165, 1.54) is 18.9 Å². The van der Waals surface area contributed by atoms with Gasteiger partial charge in [-0.05, 0) is 40.9 Å². The first-order valence-corrected chi connectivity index (χ1v) is 5.25. The molecule has 0 saturated heterocycles. The molecule has 1 aliphatic rings. The highest BCUT2D eigenvalue weighted by Gasteiger charge is 2.26. The lowest BCUT2D eigenvalue weighted by molar-refractivity contribution is -0.104. The summed E-state index contributed by atoms with van der Waals surface area (Å²) in [5.74, 6) is 1.42. The van der Waals surface area contributed by atoms with Crippen LogP contribution in [0.1, 0.15) is 30.3 Å². The maximum atomic E-state index is 10.2. The SMILES string of the molecule is O=C/C=C/c1nc(C2CC2)ncc1Br. The van der Waals surface area contributed by atoms with Gasteiger partial charge in [-0.15, -0.1) is 0 Å². The minimum atomic E-state index is 0.534. The Kier molecular flexibility index (Phi) is 2.72. The van der Waals surface area contributed by atoms with Crippen LogP contribution in [0.4, 0.5) is 0 Å². The second kappa shape index (κ2) is 4.00. The molecule has 1 fully saturated rings. The van der Waals surface area contributed by atoms with Crippen LogP contribution >= 0.6 is 15.9 Å². The molecule has 2 rings (SSSR count). The summed E-state index contributed by atoms with van der Waals surface area (Å²) in [6, 6.07) is 0. The maximum absolute atomic E-state index is 10.2. The summed E-state index contributed by atoms with van der Waals surface area (Å²) < 4.78 is 0.819. The molecular weight excluding hydrogens is 244 g/mol. The monoisotopic (exact) mass is 252 g/mol. The van der Waals surface area contributed by atoms with Gasteiger partial charge in [-0.2, -0.15) is 0 Å². The molecule has 72 valence electrons. The summed E-state index contributed by atoms with van der Waals surface area (Å²) in [5, 5.41) is 0. The van der Waals surface area contributed by atoms with Crippen LogP contribution in [0, 0.1) is 0 Å². The van der Waals surface area contributed by atoms with Gasteiger partial charge in [0.15, 0.2) is 0 Å². The quantitative estimate of drug-likeness (QED) is 0.613. The van der Waals surface area contributed by atoms with Gasteiger partial charge in [0.1, 0.15) is 12.1 Å². The third-order valence-electron chi connectivity index (χ3n) is 2.07. The topological polar surface area (TPSA) is 42.9 Å². The van der Waals surface area contributed by atoms with Crippen molar-refractivity contribution in [2.75, 3.05) is 0 Å². The van der Waals surface area contributed by atoms with Gasteiger partial charge in [-0.3, -0.25) is 4.79 Å². The molecule has 0 aromatic carbocycles. The summed E-state index contributed by atoms with van der Waals surface area (Å²) in [5.41, 5.74) is 0.772. The van der Waals surface area contributed by atoms with Gasteiger partial charge in [0.25, 0.3) is 0 Å². The molecule has 1 aromatic rings. The highest BCUT2D eigenvalue weighted by molar-refractivity contribution is 9.10. The van der Waals surface area contributed by atoms with Crippen molar-refractivity contribution < 1.29 is 4.79 Å². The number of allylic oxidation sites excluding steroid dienone is 1. The van der Waals surface area contributed by atoms with Crippen LogP contribution in [0.2, 0.25) is 0 Å². The molecular formula is C10H9BrN2O. The first-order valence-electron chi connectivity index (χ1n) is 4.45. The summed E-state index contributed by atoms with van der Waals surface area (Å²) in [6.45, 7) is 0. The summed E-state index contributed by atoms with van der Waals surface area (Å²) >= 11 is 3.34. The van der Waals surface area contributed by atoms with Gasteiger partial charge in [0.05, 0.1) is 10.2 Å². The number of nitrogens with zero attached hydrogens (tertiary/aromatic N) is 2. The molecule has 0 atom stereocenters. The molecule has 4 heteroatoms. The van der Waals surface area contributed by atoms with E-state index in [9.17, 15) is 4.79 Å². The van der Waals surface area contributed by atoms with E-state index >= 15 is 0 Å². The molecule has 0 aliphatic heterocycles. The van der Waals surface area contributed by atoms with Crippen LogP contribution in [-0.4, -0.2) is 16.3 Å². The Morgan fingerprint density at radius 3 is 2.93 bits per heavy atom. The number of carbonyl (C=O) groups excluding carboxylic acids is 1. The number of hydrogen-bond acceptors (Lipinski definition) is 3. The first-order chi connectivity index (χ1) is 6.81. The predicted octanol–water partition coefficient (Wildman–Crippen LogP) is 2.33. The fraction of sp³-hybridized carbons (Fsp3) is 0.300. The Balaban J connectivity index is 2.31. The second-order valence-corrected chi connectivity index (χ2v) is 4.09. The average molecular weight is 253 g/mol. The van der Waals surface area contributed by atoms with Gasteiger partial charge in [-0.25, -0.2) is 9.97 Å². The van der Waals surface area contributed by atoms with Crippen LogP contribution in [0.5, 0.6) is 0 Å². The van der Waals surface area contributed by atoms with Crippen molar-refractivity contribution in [2.45, 2.75) is 18.8 Å². The molecule has 0 spiro atoms. The zero-order valence-corrected chi connectivity index (χ0v) is 9.07. The summed E-state index contributed by atoms with van der Waals surface area (Å²) in [6.07, 6.45) is 7.96. The molecule has 3 nitrogen and oxygen atoms in total. The average Bonchev–Trinajstić information content (AvgIpc) is 3.00. The van der Waals surface area contributed by atoms with E-state index < -0.39 is 0 Å². The molecule has 0 N–H and O–H groups in total. The van der Waals surface area contributed by atoms with Crippen LogP contribution in [0.25, 0.3) is 6.08 Å². The molecule has 1 heterocycles. The Morgan fingerprint density at radius 2 is 2.29 bits per heavy atom. The van der Waals surface area contributed by atoms with Crippen LogP contribution in [0.15, 0.2) is 16.7 Å². The number of hydrogen-bond donors (Lipinski definition) is 0. The van der Waals surface area contributed by atoms with Crippen molar-refractivity contribution in [1.82, 2.24) is 9.97 Å². The Labute approximate surface area is 90.4 Å². The van der Waals surface area contributed by atoms with E-state index in [2.05, 4.69) is 25.9 Å². The second-order valence-electron chi connectivity index (χ2n) is 3.23. The van der Waals surface area contributed by atoms with Crippen LogP contribution in [-0.2, 0) is 4.79 Å². The molecule has 1 saturated carbocycles. The van der Waals surface area contributed by atoms with E-state index in [0.717, 1.165) is 22.3 Å². The van der Waals surface area contributed by atoms with Gasteiger partial charge in [-0.1, -0.05) is 0 Å². The normalized spacial score (nSPS) is 16.1. The number of aromatic nitrogens is 2. The molecule has 0 bridgehead atoms. The van der Waals surface area contributed by atoms with Crippen LogP contribution < -0.4 is 0 Å². The Hall–Kier alpha value is -1.03. The van der Waals surface area contributed by atoms with Crippen molar-refractivity contribution in [1.29, 1.82) is 0 Å². The van der Waals surface area contributed by atoms with E-state index in [1.807, 2.05) is 0 Å². The van der Waals surface area contributed by atoms with Crippen molar-refractivity contribution in [3.05, 3.63) is 28.3 Å². The van der Waals surface area contributed by atoms with E-state index in [0.29, 0.717) is 5.92 Å². The zero-order valence-electron chi connectivity index (χ0n) is 7.48. The van der Waals surface area contributed by atoms with Gasteiger partial charge >= 0.3 is 0 Å². The van der Waals surface area contributed by atoms with Crippen molar-refractivity contribution >= 4 is 28.3 Å². The van der Waals surface area contributed by atoms with Crippen molar-refractivity contribution in [3.8, 4) is 0 Å². The number of halogens is 1. The van der Waals surface area contributed by atoms with Gasteiger partial charge in [0.2, 0.25) is 0 Å². The third kappa shape index (κ3) is 2.07. The zero-order chi connectivity index (χ0) is 9.97. The lowest BCUT2D eigenvalue weighted by Gasteiger charge is -2.00. The standard InChI is InChI=1S/C10H9BrN2O/c11-8-6-12-10(7-3-4-7)13-9(8)2-1-5-14/h1-2,5-7H,3-4H2/b2-1+. The molecule has 0 amide bonds. The molecule has 14 heavy (non-hydrogen) atoms. The Bertz CT molecular complexity index is 386. The minimum absolute atomic E-state index is 0.534. The third-order valence-corrected chi connectivity index (χ3v) is 2.68. The van der Waals surface area contributed by atoms with Gasteiger partial charge in [0, 0.05) is 12.1 Å². The molecule has 1 aromatic heterocycles. The first kappa shape index (κ1) is 9.52. The van der Waals surface area contributed by atoms with Gasteiger partial charge < -0.3 is 0 Å². The minimum Gasteiger partial charge on any atom is -0.299 e. The van der Waals surface area contributed by atoms with Crippen molar-refractivity contribution in [2.24, 2.45) is 0 Å².